The maximum absolute atomic E-state index is 13.9. The number of hydrogen-bond donors (Lipinski definition) is 0. The molecule has 138 valence electrons. The van der Waals surface area contributed by atoms with Crippen LogP contribution >= 0.6 is 0 Å². The molecule has 8 nitrogen and oxygen atoms in total. The molecule has 9 heteroatoms. The Morgan fingerprint density at radius 2 is 1.88 bits per heavy atom. The van der Waals surface area contributed by atoms with Crippen LogP contribution in [0.4, 0.5) is 15.8 Å². The Morgan fingerprint density at radius 3 is 2.46 bits per heavy atom. The predicted octanol–water partition coefficient (Wildman–Crippen LogP) is 1.90. The fourth-order valence-electron chi connectivity index (χ4n) is 3.24. The van der Waals surface area contributed by atoms with Crippen LogP contribution in [0.25, 0.3) is 0 Å². The zero-order chi connectivity index (χ0) is 18.8. The molecule has 1 aromatic carbocycles. The van der Waals surface area contributed by atoms with Gasteiger partial charge in [0.2, 0.25) is 5.91 Å². The lowest BCUT2D eigenvalue weighted by Gasteiger charge is -2.36. The van der Waals surface area contributed by atoms with Gasteiger partial charge in [0.1, 0.15) is 23.7 Å². The first kappa shape index (κ1) is 17.8. The average molecular weight is 361 g/mol. The Bertz CT molecular complexity index is 843. The fraction of sp³-hybridized carbons (Fsp3) is 0.412. The molecule has 1 aromatic heterocycles. The highest BCUT2D eigenvalue weighted by Crippen LogP contribution is 2.23. The Hall–Kier alpha value is -2.97. The molecule has 26 heavy (non-hydrogen) atoms. The van der Waals surface area contributed by atoms with Crippen LogP contribution in [0.15, 0.2) is 24.3 Å². The van der Waals surface area contributed by atoms with Crippen molar-refractivity contribution in [1.29, 1.82) is 0 Å². The molecule has 3 rings (SSSR count). The summed E-state index contributed by atoms with van der Waals surface area (Å²) in [6, 6.07) is 6.57. The van der Waals surface area contributed by atoms with E-state index in [1.807, 2.05) is 4.90 Å². The first-order chi connectivity index (χ1) is 12.4. The standard InChI is InChI=1S/C17H20FN5O3/c1-12-17(23(25)26)13(2)22(19-12)11-16(24)21-9-7-20(8-10-21)15-6-4-3-5-14(15)18/h3-6H,7-11H2,1-2H3. The molecular weight excluding hydrogens is 341 g/mol. The SMILES string of the molecule is Cc1nn(CC(=O)N2CCN(c3ccccc3F)CC2)c(C)c1[N+](=O)[O-]. The van der Waals surface area contributed by atoms with E-state index in [1.54, 1.807) is 36.9 Å². The molecule has 1 saturated heterocycles. The first-order valence-electron chi connectivity index (χ1n) is 8.34. The van der Waals surface area contributed by atoms with Crippen LogP contribution < -0.4 is 4.90 Å². The summed E-state index contributed by atoms with van der Waals surface area (Å²) < 4.78 is 15.3. The van der Waals surface area contributed by atoms with E-state index in [1.165, 1.54) is 10.7 Å². The number of amides is 1. The number of para-hydroxylation sites is 1. The third-order valence-electron chi connectivity index (χ3n) is 4.64. The number of anilines is 1. The Labute approximate surface area is 150 Å². The zero-order valence-electron chi connectivity index (χ0n) is 14.7. The summed E-state index contributed by atoms with van der Waals surface area (Å²) in [5.74, 6) is -0.430. The van der Waals surface area contributed by atoms with Gasteiger partial charge >= 0.3 is 5.69 Å². The second kappa shape index (κ2) is 7.11. The molecular formula is C17H20FN5O3. The number of aromatic nitrogens is 2. The van der Waals surface area contributed by atoms with Crippen molar-refractivity contribution >= 4 is 17.3 Å². The number of benzene rings is 1. The summed E-state index contributed by atoms with van der Waals surface area (Å²) in [4.78, 5) is 26.7. The van der Waals surface area contributed by atoms with Crippen LogP contribution in [0.2, 0.25) is 0 Å². The van der Waals surface area contributed by atoms with E-state index < -0.39 is 4.92 Å². The molecule has 1 fully saturated rings. The van der Waals surface area contributed by atoms with Crippen LogP contribution in [0.5, 0.6) is 0 Å². The van der Waals surface area contributed by atoms with Crippen molar-refractivity contribution in [1.82, 2.24) is 14.7 Å². The highest BCUT2D eigenvalue weighted by Gasteiger charge is 2.26. The molecule has 1 aliphatic heterocycles. The number of halogens is 1. The molecule has 2 heterocycles. The second-order valence-corrected chi connectivity index (χ2v) is 6.25. The molecule has 0 unspecified atom stereocenters. The number of nitrogens with zero attached hydrogens (tertiary/aromatic N) is 5. The summed E-state index contributed by atoms with van der Waals surface area (Å²) in [5, 5.41) is 15.2. The molecule has 2 aromatic rings. The van der Waals surface area contributed by atoms with Crippen molar-refractivity contribution < 1.29 is 14.1 Å². The number of nitro groups is 1. The number of carbonyl (C=O) groups is 1. The van der Waals surface area contributed by atoms with E-state index in [4.69, 9.17) is 0 Å². The summed E-state index contributed by atoms with van der Waals surface area (Å²) in [7, 11) is 0. The molecule has 0 spiro atoms. The Kier molecular flexibility index (Phi) is 4.88. The van der Waals surface area contributed by atoms with E-state index in [0.717, 1.165) is 0 Å². The van der Waals surface area contributed by atoms with E-state index in [0.29, 0.717) is 43.3 Å². The van der Waals surface area contributed by atoms with Gasteiger partial charge in [0.25, 0.3) is 0 Å². The molecule has 0 radical (unpaired) electrons. The molecule has 0 aliphatic carbocycles. The van der Waals surface area contributed by atoms with Gasteiger partial charge in [0, 0.05) is 26.2 Å². The molecule has 0 N–H and O–H groups in total. The summed E-state index contributed by atoms with van der Waals surface area (Å²) >= 11 is 0. The lowest BCUT2D eigenvalue weighted by atomic mass is 10.2. The number of carbonyl (C=O) groups excluding carboxylic acids is 1. The summed E-state index contributed by atoms with van der Waals surface area (Å²) in [6.45, 7) is 5.10. The van der Waals surface area contributed by atoms with Crippen LogP contribution in [-0.2, 0) is 11.3 Å². The van der Waals surface area contributed by atoms with Gasteiger partial charge in [0.05, 0.1) is 10.6 Å². The van der Waals surface area contributed by atoms with Crippen LogP contribution in [0.1, 0.15) is 11.4 Å². The number of aryl methyl sites for hydroxylation is 1. The minimum atomic E-state index is -0.480. The van der Waals surface area contributed by atoms with Crippen molar-refractivity contribution in [3.05, 3.63) is 51.6 Å². The average Bonchev–Trinajstić information content (AvgIpc) is 2.89. The molecule has 0 saturated carbocycles. The maximum Gasteiger partial charge on any atom is 0.312 e. The van der Waals surface area contributed by atoms with Crippen molar-refractivity contribution in [3.63, 3.8) is 0 Å². The number of rotatable bonds is 4. The minimum absolute atomic E-state index is 0.0415. The zero-order valence-corrected chi connectivity index (χ0v) is 14.7. The highest BCUT2D eigenvalue weighted by atomic mass is 19.1. The third kappa shape index (κ3) is 3.37. The topological polar surface area (TPSA) is 84.5 Å². The lowest BCUT2D eigenvalue weighted by Crippen LogP contribution is -2.50. The van der Waals surface area contributed by atoms with Gasteiger partial charge in [-0.25, -0.2) is 4.39 Å². The second-order valence-electron chi connectivity index (χ2n) is 6.25. The van der Waals surface area contributed by atoms with Crippen molar-refractivity contribution in [2.75, 3.05) is 31.1 Å². The van der Waals surface area contributed by atoms with Crippen molar-refractivity contribution in [3.8, 4) is 0 Å². The number of piperazine rings is 1. The highest BCUT2D eigenvalue weighted by molar-refractivity contribution is 5.76. The van der Waals surface area contributed by atoms with Crippen LogP contribution in [0, 0.1) is 29.8 Å². The van der Waals surface area contributed by atoms with Crippen LogP contribution in [-0.4, -0.2) is 51.7 Å². The summed E-state index contributed by atoms with van der Waals surface area (Å²) in [6.07, 6.45) is 0. The van der Waals surface area contributed by atoms with Gasteiger partial charge in [-0.05, 0) is 26.0 Å². The van der Waals surface area contributed by atoms with Gasteiger partial charge in [-0.1, -0.05) is 12.1 Å². The van der Waals surface area contributed by atoms with Gasteiger partial charge in [-0.2, -0.15) is 5.10 Å². The van der Waals surface area contributed by atoms with E-state index in [-0.39, 0.29) is 24.0 Å². The summed E-state index contributed by atoms with van der Waals surface area (Å²) in [5.41, 5.74) is 1.14. The predicted molar refractivity (Wildman–Crippen MR) is 93.5 cm³/mol. The third-order valence-corrected chi connectivity index (χ3v) is 4.64. The van der Waals surface area contributed by atoms with E-state index >= 15 is 0 Å². The minimum Gasteiger partial charge on any atom is -0.366 e. The maximum atomic E-state index is 13.9. The Morgan fingerprint density at radius 1 is 1.23 bits per heavy atom. The molecule has 1 amide bonds. The normalized spacial score (nSPS) is 14.6. The largest absolute Gasteiger partial charge is 0.366 e. The fourth-order valence-corrected chi connectivity index (χ4v) is 3.24. The van der Waals surface area contributed by atoms with E-state index in [9.17, 15) is 19.3 Å². The Balaban J connectivity index is 1.64. The van der Waals surface area contributed by atoms with E-state index in [2.05, 4.69) is 5.10 Å². The monoisotopic (exact) mass is 361 g/mol. The first-order valence-corrected chi connectivity index (χ1v) is 8.34. The molecule has 0 bridgehead atoms. The molecule has 0 atom stereocenters. The van der Waals surface area contributed by atoms with Gasteiger partial charge < -0.3 is 9.80 Å². The smallest absolute Gasteiger partial charge is 0.312 e. The molecule has 1 aliphatic rings. The lowest BCUT2D eigenvalue weighted by molar-refractivity contribution is -0.386. The number of hydrogen-bond acceptors (Lipinski definition) is 5. The van der Waals surface area contributed by atoms with Crippen molar-refractivity contribution in [2.24, 2.45) is 0 Å². The quantitative estimate of drug-likeness (QED) is 0.613. The van der Waals surface area contributed by atoms with Gasteiger partial charge in [0.15, 0.2) is 0 Å². The van der Waals surface area contributed by atoms with Crippen molar-refractivity contribution in [2.45, 2.75) is 20.4 Å². The van der Waals surface area contributed by atoms with Crippen LogP contribution in [0.3, 0.4) is 0 Å². The van der Waals surface area contributed by atoms with Gasteiger partial charge in [-0.3, -0.25) is 19.6 Å². The van der Waals surface area contributed by atoms with Gasteiger partial charge in [-0.15, -0.1) is 0 Å².